The van der Waals surface area contributed by atoms with Gasteiger partial charge in [-0.05, 0) is 35.4 Å². The fourth-order valence-corrected chi connectivity index (χ4v) is 1.37. The molecule has 0 atom stereocenters. The average Bonchev–Trinajstić information content (AvgIpc) is 2.26. The van der Waals surface area contributed by atoms with E-state index in [2.05, 4.69) is 0 Å². The average molecular weight is 224 g/mol. The maximum absolute atomic E-state index is 12.9. The second-order valence-electron chi connectivity index (χ2n) is 3.30. The molecule has 1 nitrogen and oxygen atoms in total. The fourth-order valence-electron chi connectivity index (χ4n) is 1.37. The Labute approximate surface area is 89.8 Å². The minimum Gasteiger partial charge on any atom is -0.505 e. The Morgan fingerprint density at radius 1 is 0.688 bits per heavy atom. The van der Waals surface area contributed by atoms with Gasteiger partial charge < -0.3 is 5.11 Å². The first-order chi connectivity index (χ1) is 7.58. The molecule has 0 heterocycles. The molecule has 0 unspecified atom stereocenters. The van der Waals surface area contributed by atoms with Crippen LogP contribution in [0.2, 0.25) is 0 Å². The number of hydrogen-bond acceptors (Lipinski definition) is 1. The number of phenolic OH excluding ortho intramolecular Hbond substituents is 1. The molecular weight excluding hydrogens is 217 g/mol. The number of benzene rings is 2. The smallest absolute Gasteiger partial charge is 0.164 e. The molecule has 1 N–H and O–H groups in total. The van der Waals surface area contributed by atoms with Crippen LogP contribution >= 0.6 is 0 Å². The van der Waals surface area contributed by atoms with Crippen molar-refractivity contribution in [2.45, 2.75) is 0 Å². The molecule has 82 valence electrons. The molecule has 0 saturated carbocycles. The van der Waals surface area contributed by atoms with Crippen LogP contribution in [0.15, 0.2) is 36.4 Å². The Bertz CT molecular complexity index is 488. The van der Waals surface area contributed by atoms with Crippen molar-refractivity contribution in [3.05, 3.63) is 53.8 Å². The Kier molecular flexibility index (Phi) is 2.56. The van der Waals surface area contributed by atoms with Crippen LogP contribution in [-0.4, -0.2) is 5.11 Å². The number of halogens is 3. The minimum atomic E-state index is -0.985. The van der Waals surface area contributed by atoms with Crippen LogP contribution in [0.1, 0.15) is 0 Å². The summed E-state index contributed by atoms with van der Waals surface area (Å²) in [7, 11) is 0. The van der Waals surface area contributed by atoms with Gasteiger partial charge in [0.05, 0.1) is 0 Å². The quantitative estimate of drug-likeness (QED) is 0.786. The number of phenols is 1. The second kappa shape index (κ2) is 3.89. The lowest BCUT2D eigenvalue weighted by Gasteiger charge is -2.03. The molecule has 2 rings (SSSR count). The van der Waals surface area contributed by atoms with Gasteiger partial charge in [0.2, 0.25) is 0 Å². The second-order valence-corrected chi connectivity index (χ2v) is 3.30. The molecule has 0 aliphatic carbocycles. The number of aromatic hydroxyl groups is 1. The van der Waals surface area contributed by atoms with Gasteiger partial charge in [0, 0.05) is 0 Å². The maximum Gasteiger partial charge on any atom is 0.164 e. The van der Waals surface area contributed by atoms with Gasteiger partial charge in [-0.15, -0.1) is 0 Å². The zero-order valence-electron chi connectivity index (χ0n) is 8.05. The summed E-state index contributed by atoms with van der Waals surface area (Å²) in [6.45, 7) is 0. The zero-order chi connectivity index (χ0) is 11.7. The molecule has 0 aliphatic heterocycles. The van der Waals surface area contributed by atoms with E-state index in [1.165, 1.54) is 12.1 Å². The highest BCUT2D eigenvalue weighted by Gasteiger charge is 2.07. The highest BCUT2D eigenvalue weighted by atomic mass is 19.2. The molecule has 4 heteroatoms. The first-order valence-electron chi connectivity index (χ1n) is 4.52. The third-order valence-electron chi connectivity index (χ3n) is 2.20. The van der Waals surface area contributed by atoms with Crippen molar-refractivity contribution in [1.29, 1.82) is 0 Å². The summed E-state index contributed by atoms with van der Waals surface area (Å²) in [4.78, 5) is 0. The van der Waals surface area contributed by atoms with Crippen molar-refractivity contribution in [2.24, 2.45) is 0 Å². The third-order valence-corrected chi connectivity index (χ3v) is 2.20. The van der Waals surface area contributed by atoms with Crippen molar-refractivity contribution in [3.63, 3.8) is 0 Å². The van der Waals surface area contributed by atoms with Crippen LogP contribution in [0, 0.1) is 17.5 Å². The van der Waals surface area contributed by atoms with E-state index in [1.807, 2.05) is 0 Å². The standard InChI is InChI=1S/C12H7F3O/c13-9-3-1-7(5-11(9)15)8-2-4-10(14)12(16)6-8/h1-6,16H. The van der Waals surface area contributed by atoms with E-state index >= 15 is 0 Å². The first-order valence-corrected chi connectivity index (χ1v) is 4.52. The van der Waals surface area contributed by atoms with E-state index in [-0.39, 0.29) is 0 Å². The van der Waals surface area contributed by atoms with Crippen molar-refractivity contribution in [2.75, 3.05) is 0 Å². The van der Waals surface area contributed by atoms with E-state index in [9.17, 15) is 13.2 Å². The molecule has 0 aromatic heterocycles. The Hall–Kier alpha value is -1.97. The largest absolute Gasteiger partial charge is 0.505 e. The van der Waals surface area contributed by atoms with E-state index in [0.717, 1.165) is 24.3 Å². The molecule has 0 saturated heterocycles. The fraction of sp³-hybridized carbons (Fsp3) is 0. The highest BCUT2D eigenvalue weighted by molar-refractivity contribution is 5.65. The monoisotopic (exact) mass is 224 g/mol. The van der Waals surface area contributed by atoms with Gasteiger partial charge in [-0.1, -0.05) is 12.1 Å². The van der Waals surface area contributed by atoms with Crippen molar-refractivity contribution in [3.8, 4) is 16.9 Å². The van der Waals surface area contributed by atoms with Gasteiger partial charge in [0.1, 0.15) is 0 Å². The topological polar surface area (TPSA) is 20.2 Å². The molecule has 0 radical (unpaired) electrons. The Balaban J connectivity index is 2.50. The van der Waals surface area contributed by atoms with Crippen molar-refractivity contribution < 1.29 is 18.3 Å². The van der Waals surface area contributed by atoms with Crippen LogP contribution in [-0.2, 0) is 0 Å². The third kappa shape index (κ3) is 1.86. The lowest BCUT2D eigenvalue weighted by molar-refractivity contribution is 0.432. The summed E-state index contributed by atoms with van der Waals surface area (Å²) in [5, 5.41) is 9.14. The van der Waals surface area contributed by atoms with Gasteiger partial charge in [0.25, 0.3) is 0 Å². The van der Waals surface area contributed by atoms with Gasteiger partial charge in [-0.2, -0.15) is 0 Å². The Morgan fingerprint density at radius 3 is 1.81 bits per heavy atom. The van der Waals surface area contributed by atoms with Gasteiger partial charge >= 0.3 is 0 Å². The normalized spacial score (nSPS) is 10.4. The molecule has 0 spiro atoms. The summed E-state index contributed by atoms with van der Waals surface area (Å²) in [6.07, 6.45) is 0. The van der Waals surface area contributed by atoms with Gasteiger partial charge in [-0.25, -0.2) is 13.2 Å². The van der Waals surface area contributed by atoms with Crippen molar-refractivity contribution >= 4 is 0 Å². The number of rotatable bonds is 1. The summed E-state index contributed by atoms with van der Waals surface area (Å²) in [5.41, 5.74) is 0.784. The van der Waals surface area contributed by atoms with Crippen molar-refractivity contribution in [1.82, 2.24) is 0 Å². The van der Waals surface area contributed by atoms with E-state index in [0.29, 0.717) is 11.1 Å². The van der Waals surface area contributed by atoms with Crippen LogP contribution in [0.3, 0.4) is 0 Å². The minimum absolute atomic E-state index is 0.370. The predicted octanol–water partition coefficient (Wildman–Crippen LogP) is 3.48. The summed E-state index contributed by atoms with van der Waals surface area (Å²) in [5.74, 6) is -3.22. The first kappa shape index (κ1) is 10.5. The van der Waals surface area contributed by atoms with Gasteiger partial charge in [-0.3, -0.25) is 0 Å². The van der Waals surface area contributed by atoms with Crippen LogP contribution in [0.5, 0.6) is 5.75 Å². The highest BCUT2D eigenvalue weighted by Crippen LogP contribution is 2.26. The SMILES string of the molecule is Oc1cc(-c2ccc(F)c(F)c2)ccc1F. The maximum atomic E-state index is 12.9. The molecule has 0 bridgehead atoms. The molecule has 2 aromatic rings. The molecule has 0 fully saturated rings. The summed E-state index contributed by atoms with van der Waals surface area (Å²) in [6, 6.07) is 6.91. The zero-order valence-corrected chi connectivity index (χ0v) is 8.05. The van der Waals surface area contributed by atoms with Crippen LogP contribution < -0.4 is 0 Å². The van der Waals surface area contributed by atoms with E-state index in [1.54, 1.807) is 0 Å². The lowest BCUT2D eigenvalue weighted by Crippen LogP contribution is -1.86. The Morgan fingerprint density at radius 2 is 1.25 bits per heavy atom. The predicted molar refractivity (Wildman–Crippen MR) is 53.4 cm³/mol. The van der Waals surface area contributed by atoms with Crippen LogP contribution in [0.4, 0.5) is 13.2 Å². The van der Waals surface area contributed by atoms with E-state index in [4.69, 9.17) is 5.11 Å². The number of hydrogen-bond donors (Lipinski definition) is 1. The lowest BCUT2D eigenvalue weighted by atomic mass is 10.1. The molecule has 16 heavy (non-hydrogen) atoms. The summed E-state index contributed by atoms with van der Waals surface area (Å²) >= 11 is 0. The molecular formula is C12H7F3O. The summed E-state index contributed by atoms with van der Waals surface area (Å²) < 4.78 is 38.4. The molecule has 0 amide bonds. The molecule has 2 aromatic carbocycles. The van der Waals surface area contributed by atoms with Gasteiger partial charge in [0.15, 0.2) is 23.2 Å². The molecule has 0 aliphatic rings. The van der Waals surface area contributed by atoms with Crippen LogP contribution in [0.25, 0.3) is 11.1 Å². The van der Waals surface area contributed by atoms with E-state index < -0.39 is 23.2 Å².